The molecule has 0 aliphatic rings. The second-order valence-corrected chi connectivity index (χ2v) is 7.57. The first-order chi connectivity index (χ1) is 13.4. The molecule has 0 saturated carbocycles. The van der Waals surface area contributed by atoms with Crippen LogP contribution in [0.4, 0.5) is 5.69 Å². The minimum atomic E-state index is -0.0701. The van der Waals surface area contributed by atoms with Crippen LogP contribution in [-0.4, -0.2) is 26.9 Å². The van der Waals surface area contributed by atoms with Gasteiger partial charge in [0, 0.05) is 0 Å². The molecule has 3 aromatic carbocycles. The summed E-state index contributed by atoms with van der Waals surface area (Å²) in [5.74, 6) is 0.528. The van der Waals surface area contributed by atoms with Gasteiger partial charge in [-0.25, -0.2) is 0 Å². The number of carbonyl (C=O) groups is 1. The number of nitrogens with zero attached hydrogens (tertiary/aromatic N) is 1. The fraction of sp³-hybridized carbons (Fsp3) is 0.160. The minimum Gasteiger partial charge on any atom is -0.488 e. The summed E-state index contributed by atoms with van der Waals surface area (Å²) in [6, 6.07) is 25.5. The highest BCUT2D eigenvalue weighted by atomic mass is 16.5. The molecule has 0 saturated heterocycles. The maximum absolute atomic E-state index is 12.7. The van der Waals surface area contributed by atoms with Gasteiger partial charge in [0.1, 0.15) is 18.0 Å². The Morgan fingerprint density at radius 1 is 0.857 bits per heavy atom. The zero-order chi connectivity index (χ0) is 20.0. The second-order valence-electron chi connectivity index (χ2n) is 7.57. The van der Waals surface area contributed by atoms with Gasteiger partial charge in [0.15, 0.2) is 5.78 Å². The van der Waals surface area contributed by atoms with E-state index in [9.17, 15) is 4.79 Å². The Hall–Kier alpha value is -3.17. The van der Waals surface area contributed by atoms with E-state index in [0.29, 0.717) is 17.9 Å². The van der Waals surface area contributed by atoms with Crippen LogP contribution in [0.15, 0.2) is 84.9 Å². The molecule has 0 aliphatic heterocycles. The molecule has 0 aromatic heterocycles. The summed E-state index contributed by atoms with van der Waals surface area (Å²) in [5.41, 5.74) is 3.84. The number of hydrogen-bond acceptors (Lipinski definition) is 2. The number of carbonyl (C=O) groups excluding carboxylic acids is 1. The van der Waals surface area contributed by atoms with Crippen molar-refractivity contribution in [2.75, 3.05) is 21.1 Å². The predicted molar refractivity (Wildman–Crippen MR) is 117 cm³/mol. The molecular formula is C25H26NO2+. The van der Waals surface area contributed by atoms with Crippen molar-refractivity contribution in [2.24, 2.45) is 0 Å². The Bertz CT molecular complexity index is 952. The molecule has 0 spiro atoms. The number of para-hydroxylation sites is 1. The lowest BCUT2D eigenvalue weighted by Gasteiger charge is -2.23. The van der Waals surface area contributed by atoms with Gasteiger partial charge in [0.25, 0.3) is 0 Å². The maximum atomic E-state index is 12.7. The molecule has 3 rings (SSSR count). The Labute approximate surface area is 167 Å². The molecule has 0 fully saturated rings. The molecule has 0 atom stereocenters. The van der Waals surface area contributed by atoms with Crippen molar-refractivity contribution >= 4 is 17.5 Å². The number of ketones is 1. The summed E-state index contributed by atoms with van der Waals surface area (Å²) < 4.78 is 6.65. The number of allylic oxidation sites excluding steroid dienone is 1. The fourth-order valence-electron chi connectivity index (χ4n) is 2.83. The first-order valence-electron chi connectivity index (χ1n) is 9.34. The quantitative estimate of drug-likeness (QED) is 0.317. The number of rotatable bonds is 7. The van der Waals surface area contributed by atoms with E-state index < -0.39 is 0 Å². The first kappa shape index (κ1) is 19.6. The van der Waals surface area contributed by atoms with Crippen LogP contribution in [0.2, 0.25) is 0 Å². The van der Waals surface area contributed by atoms with E-state index in [1.165, 1.54) is 5.69 Å². The molecular weight excluding hydrogens is 346 g/mol. The molecule has 142 valence electrons. The molecule has 0 unspecified atom stereocenters. The zero-order valence-corrected chi connectivity index (χ0v) is 16.6. The van der Waals surface area contributed by atoms with Crippen molar-refractivity contribution in [1.82, 2.24) is 4.48 Å². The van der Waals surface area contributed by atoms with Crippen LogP contribution in [0.25, 0.3) is 6.08 Å². The third-order valence-electron chi connectivity index (χ3n) is 4.48. The van der Waals surface area contributed by atoms with E-state index in [1.807, 2.05) is 66.7 Å². The highest BCUT2D eigenvalue weighted by Gasteiger charge is 2.12. The van der Waals surface area contributed by atoms with Crippen LogP contribution in [0, 0.1) is 0 Å². The van der Waals surface area contributed by atoms with Crippen molar-refractivity contribution in [3.8, 4) is 5.75 Å². The fourth-order valence-corrected chi connectivity index (χ4v) is 2.83. The van der Waals surface area contributed by atoms with E-state index in [-0.39, 0.29) is 5.78 Å². The smallest absolute Gasteiger partial charge is 0.189 e. The van der Waals surface area contributed by atoms with E-state index in [2.05, 4.69) is 33.3 Å². The van der Waals surface area contributed by atoms with Gasteiger partial charge in [-0.2, -0.15) is 0 Å². The summed E-state index contributed by atoms with van der Waals surface area (Å²) in [5, 5.41) is 0. The Morgan fingerprint density at radius 2 is 1.50 bits per heavy atom. The van der Waals surface area contributed by atoms with Crippen molar-refractivity contribution < 1.29 is 9.53 Å². The topological polar surface area (TPSA) is 26.3 Å². The summed E-state index contributed by atoms with van der Waals surface area (Å²) in [6.45, 7) is 0.432. The largest absolute Gasteiger partial charge is 0.488 e. The van der Waals surface area contributed by atoms with Gasteiger partial charge in [0.2, 0.25) is 0 Å². The molecule has 3 heteroatoms. The molecule has 0 aliphatic carbocycles. The van der Waals surface area contributed by atoms with Crippen LogP contribution in [0.3, 0.4) is 0 Å². The van der Waals surface area contributed by atoms with Gasteiger partial charge >= 0.3 is 0 Å². The number of benzene rings is 3. The standard InChI is InChI=1S/C25H26NO2/c1-26(2,3)22-16-13-20(14-17-22)15-18-24(27)23-11-7-8-12-25(23)28-19-21-9-5-4-6-10-21/h4-18H,19H2,1-3H3/q+1. The normalized spacial score (nSPS) is 11.5. The Kier molecular flexibility index (Phi) is 6.07. The molecule has 3 nitrogen and oxygen atoms in total. The van der Waals surface area contributed by atoms with E-state index >= 15 is 0 Å². The van der Waals surface area contributed by atoms with E-state index in [4.69, 9.17) is 4.74 Å². The van der Waals surface area contributed by atoms with Crippen LogP contribution in [0.5, 0.6) is 5.75 Å². The first-order valence-corrected chi connectivity index (χ1v) is 9.34. The zero-order valence-electron chi connectivity index (χ0n) is 16.6. The molecule has 0 radical (unpaired) electrons. The number of ether oxygens (including phenoxy) is 1. The van der Waals surface area contributed by atoms with Crippen LogP contribution in [0.1, 0.15) is 21.5 Å². The van der Waals surface area contributed by atoms with E-state index in [0.717, 1.165) is 15.6 Å². The van der Waals surface area contributed by atoms with Crippen LogP contribution >= 0.6 is 0 Å². The highest BCUT2D eigenvalue weighted by Crippen LogP contribution is 2.22. The monoisotopic (exact) mass is 372 g/mol. The lowest BCUT2D eigenvalue weighted by atomic mass is 10.1. The molecule has 28 heavy (non-hydrogen) atoms. The lowest BCUT2D eigenvalue weighted by Crippen LogP contribution is -2.34. The average Bonchev–Trinajstić information content (AvgIpc) is 2.71. The average molecular weight is 372 g/mol. The molecule has 0 amide bonds. The molecule has 0 bridgehead atoms. The van der Waals surface area contributed by atoms with Crippen molar-refractivity contribution in [3.05, 3.63) is 102 Å². The van der Waals surface area contributed by atoms with Crippen LogP contribution in [-0.2, 0) is 6.61 Å². The summed E-state index contributed by atoms with van der Waals surface area (Å²) in [6.07, 6.45) is 3.45. The van der Waals surface area contributed by atoms with E-state index in [1.54, 1.807) is 12.1 Å². The molecule has 3 aromatic rings. The van der Waals surface area contributed by atoms with Gasteiger partial charge in [-0.1, -0.05) is 48.5 Å². The van der Waals surface area contributed by atoms with Gasteiger partial charge in [-0.05, 0) is 53.6 Å². The molecule has 0 heterocycles. The summed E-state index contributed by atoms with van der Waals surface area (Å²) >= 11 is 0. The van der Waals surface area contributed by atoms with Crippen molar-refractivity contribution in [3.63, 3.8) is 0 Å². The number of quaternary nitrogens is 1. The molecule has 0 N–H and O–H groups in total. The van der Waals surface area contributed by atoms with Crippen molar-refractivity contribution in [1.29, 1.82) is 0 Å². The van der Waals surface area contributed by atoms with Gasteiger partial charge in [-0.3, -0.25) is 9.28 Å². The van der Waals surface area contributed by atoms with Crippen molar-refractivity contribution in [2.45, 2.75) is 6.61 Å². The summed E-state index contributed by atoms with van der Waals surface area (Å²) in [4.78, 5) is 12.7. The summed E-state index contributed by atoms with van der Waals surface area (Å²) in [7, 11) is 6.38. The lowest BCUT2D eigenvalue weighted by molar-refractivity contribution is 0.104. The third kappa shape index (κ3) is 5.18. The third-order valence-corrected chi connectivity index (χ3v) is 4.48. The minimum absolute atomic E-state index is 0.0701. The van der Waals surface area contributed by atoms with Crippen LogP contribution < -0.4 is 9.22 Å². The SMILES string of the molecule is C[N+](C)(C)c1ccc(C=CC(=O)c2ccccc2OCc2ccccc2)cc1. The van der Waals surface area contributed by atoms with Gasteiger partial charge < -0.3 is 4.74 Å². The number of hydrogen-bond donors (Lipinski definition) is 0. The highest BCUT2D eigenvalue weighted by molar-refractivity contribution is 6.08. The predicted octanol–water partition coefficient (Wildman–Crippen LogP) is 5.36. The van der Waals surface area contributed by atoms with Gasteiger partial charge in [-0.15, -0.1) is 0 Å². The Morgan fingerprint density at radius 3 is 2.18 bits per heavy atom. The van der Waals surface area contributed by atoms with Gasteiger partial charge in [0.05, 0.1) is 26.7 Å². The maximum Gasteiger partial charge on any atom is 0.189 e. The Balaban J connectivity index is 1.71. The second kappa shape index (κ2) is 8.68.